The fourth-order valence-electron chi connectivity index (χ4n) is 3.47. The summed E-state index contributed by atoms with van der Waals surface area (Å²) in [6.07, 6.45) is 5.43. The van der Waals surface area contributed by atoms with Gasteiger partial charge in [0.2, 0.25) is 0 Å². The van der Waals surface area contributed by atoms with Crippen LogP contribution in [0.3, 0.4) is 0 Å². The van der Waals surface area contributed by atoms with Crippen LogP contribution in [0, 0.1) is 0 Å². The minimum absolute atomic E-state index is 0.232. The van der Waals surface area contributed by atoms with E-state index >= 15 is 0 Å². The van der Waals surface area contributed by atoms with E-state index in [9.17, 15) is 0 Å². The van der Waals surface area contributed by atoms with E-state index in [0.29, 0.717) is 5.92 Å². The maximum Gasteiger partial charge on any atom is 0.123 e. The normalized spacial score (nSPS) is 18.9. The lowest BCUT2D eigenvalue weighted by atomic mass is 9.79. The third kappa shape index (κ3) is 2.66. The molecule has 0 amide bonds. The van der Waals surface area contributed by atoms with Crippen LogP contribution in [0.2, 0.25) is 0 Å². The van der Waals surface area contributed by atoms with Crippen LogP contribution in [-0.2, 0) is 6.42 Å². The van der Waals surface area contributed by atoms with Crippen molar-refractivity contribution in [3.8, 4) is 5.75 Å². The molecule has 3 heteroatoms. The number of benzene rings is 1. The first-order valence-electron chi connectivity index (χ1n) is 7.59. The third-order valence-electron chi connectivity index (χ3n) is 4.43. The van der Waals surface area contributed by atoms with Gasteiger partial charge in [0.25, 0.3) is 0 Å². The molecule has 1 aliphatic carbocycles. The molecule has 0 saturated heterocycles. The van der Waals surface area contributed by atoms with Crippen LogP contribution in [0.15, 0.2) is 42.6 Å². The number of pyridine rings is 1. The molecule has 0 bridgehead atoms. The van der Waals surface area contributed by atoms with Crippen LogP contribution in [0.25, 0.3) is 0 Å². The first-order valence-corrected chi connectivity index (χ1v) is 7.59. The zero-order valence-corrected chi connectivity index (χ0v) is 12.7. The molecule has 1 aromatic carbocycles. The second-order valence-corrected chi connectivity index (χ2v) is 5.55. The number of rotatable bonds is 4. The summed E-state index contributed by atoms with van der Waals surface area (Å²) in [5.41, 5.74) is 3.85. The van der Waals surface area contributed by atoms with E-state index in [2.05, 4.69) is 28.5 Å². The van der Waals surface area contributed by atoms with Gasteiger partial charge < -0.3 is 10.1 Å². The highest BCUT2D eigenvalue weighted by Crippen LogP contribution is 2.41. The zero-order chi connectivity index (χ0) is 14.7. The molecule has 0 fully saturated rings. The first-order chi connectivity index (χ1) is 10.3. The van der Waals surface area contributed by atoms with E-state index in [1.165, 1.54) is 23.2 Å². The van der Waals surface area contributed by atoms with Gasteiger partial charge in [-0.25, -0.2) is 0 Å². The lowest BCUT2D eigenvalue weighted by molar-refractivity contribution is 0.375. The summed E-state index contributed by atoms with van der Waals surface area (Å²) < 4.78 is 5.55. The van der Waals surface area contributed by atoms with E-state index in [1.54, 1.807) is 7.11 Å². The van der Waals surface area contributed by atoms with Crippen LogP contribution < -0.4 is 10.1 Å². The number of para-hydroxylation sites is 1. The second kappa shape index (κ2) is 6.27. The van der Waals surface area contributed by atoms with Crippen LogP contribution in [-0.4, -0.2) is 19.1 Å². The predicted molar refractivity (Wildman–Crippen MR) is 84.7 cm³/mol. The Morgan fingerprint density at radius 3 is 2.90 bits per heavy atom. The van der Waals surface area contributed by atoms with Crippen LogP contribution >= 0.6 is 0 Å². The maximum atomic E-state index is 5.55. The van der Waals surface area contributed by atoms with Crippen molar-refractivity contribution in [1.29, 1.82) is 0 Å². The van der Waals surface area contributed by atoms with E-state index in [0.717, 1.165) is 18.6 Å². The Hall–Kier alpha value is -1.87. The van der Waals surface area contributed by atoms with Crippen molar-refractivity contribution in [1.82, 2.24) is 10.3 Å². The van der Waals surface area contributed by atoms with Gasteiger partial charge in [0.05, 0.1) is 7.11 Å². The minimum Gasteiger partial charge on any atom is -0.496 e. The van der Waals surface area contributed by atoms with Gasteiger partial charge in [-0.05, 0) is 44.0 Å². The minimum atomic E-state index is 0.232. The van der Waals surface area contributed by atoms with Gasteiger partial charge in [-0.15, -0.1) is 0 Å². The molecular weight excluding hydrogens is 260 g/mol. The molecule has 1 aromatic heterocycles. The van der Waals surface area contributed by atoms with Crippen molar-refractivity contribution >= 4 is 0 Å². The van der Waals surface area contributed by atoms with Crippen LogP contribution in [0.4, 0.5) is 0 Å². The third-order valence-corrected chi connectivity index (χ3v) is 4.43. The molecule has 2 unspecified atom stereocenters. The number of ether oxygens (including phenoxy) is 1. The summed E-state index contributed by atoms with van der Waals surface area (Å²) in [5, 5.41) is 3.48. The number of hydrogen-bond acceptors (Lipinski definition) is 3. The molecule has 1 N–H and O–H groups in total. The van der Waals surface area contributed by atoms with Gasteiger partial charge in [0, 0.05) is 29.4 Å². The highest BCUT2D eigenvalue weighted by atomic mass is 16.5. The summed E-state index contributed by atoms with van der Waals surface area (Å²) in [6.45, 7) is 0. The number of nitrogens with zero attached hydrogens (tertiary/aromatic N) is 1. The molecule has 0 radical (unpaired) electrons. The van der Waals surface area contributed by atoms with Crippen molar-refractivity contribution in [3.05, 3.63) is 59.4 Å². The van der Waals surface area contributed by atoms with Crippen molar-refractivity contribution < 1.29 is 4.74 Å². The molecule has 3 rings (SSSR count). The van der Waals surface area contributed by atoms with Crippen LogP contribution in [0.1, 0.15) is 41.6 Å². The van der Waals surface area contributed by atoms with Gasteiger partial charge >= 0.3 is 0 Å². The van der Waals surface area contributed by atoms with Gasteiger partial charge in [0.15, 0.2) is 0 Å². The Morgan fingerprint density at radius 2 is 2.10 bits per heavy atom. The Bertz CT molecular complexity index is 612. The number of likely N-dealkylation sites (N-methyl/N-ethyl adjacent to an activating group) is 1. The van der Waals surface area contributed by atoms with Crippen molar-refractivity contribution in [3.63, 3.8) is 0 Å². The lowest BCUT2D eigenvalue weighted by Crippen LogP contribution is -2.27. The van der Waals surface area contributed by atoms with Crippen molar-refractivity contribution in [2.75, 3.05) is 14.2 Å². The van der Waals surface area contributed by atoms with Gasteiger partial charge in [0.1, 0.15) is 5.75 Å². The van der Waals surface area contributed by atoms with Crippen molar-refractivity contribution in [2.45, 2.75) is 31.2 Å². The number of fused-ring (bicyclic) bond motifs is 1. The molecule has 1 heterocycles. The largest absolute Gasteiger partial charge is 0.496 e. The van der Waals surface area contributed by atoms with E-state index in [-0.39, 0.29) is 6.04 Å². The van der Waals surface area contributed by atoms with Gasteiger partial charge in [-0.3, -0.25) is 4.98 Å². The molecular formula is C18H22N2O. The number of hydrogen-bond donors (Lipinski definition) is 1. The molecule has 2 atom stereocenters. The molecule has 2 aromatic rings. The number of methoxy groups -OCH3 is 1. The molecule has 0 aliphatic heterocycles. The summed E-state index contributed by atoms with van der Waals surface area (Å²) in [5.74, 6) is 1.34. The monoisotopic (exact) mass is 282 g/mol. The Balaban J connectivity index is 2.01. The topological polar surface area (TPSA) is 34.1 Å². The van der Waals surface area contributed by atoms with E-state index < -0.39 is 0 Å². The zero-order valence-electron chi connectivity index (χ0n) is 12.7. The average Bonchev–Trinajstić information content (AvgIpc) is 2.56. The molecule has 0 saturated carbocycles. The van der Waals surface area contributed by atoms with Crippen molar-refractivity contribution in [2.24, 2.45) is 0 Å². The van der Waals surface area contributed by atoms with E-state index in [4.69, 9.17) is 4.74 Å². The summed E-state index contributed by atoms with van der Waals surface area (Å²) in [6, 6.07) is 12.8. The summed E-state index contributed by atoms with van der Waals surface area (Å²) in [7, 11) is 3.76. The summed E-state index contributed by atoms with van der Waals surface area (Å²) >= 11 is 0. The SMILES string of the molecule is CNC(c1ccccc1OC)C1CCCc2cccnc21. The maximum absolute atomic E-state index is 5.55. The van der Waals surface area contributed by atoms with E-state index in [1.807, 2.05) is 31.4 Å². The fourth-order valence-corrected chi connectivity index (χ4v) is 3.47. The lowest BCUT2D eigenvalue weighted by Gasteiger charge is -2.32. The predicted octanol–water partition coefficient (Wildman–Crippen LogP) is 3.47. The van der Waals surface area contributed by atoms with Gasteiger partial charge in [-0.1, -0.05) is 24.3 Å². The smallest absolute Gasteiger partial charge is 0.123 e. The number of nitrogens with one attached hydrogen (secondary N) is 1. The highest BCUT2D eigenvalue weighted by Gasteiger charge is 2.30. The molecule has 21 heavy (non-hydrogen) atoms. The Morgan fingerprint density at radius 1 is 1.24 bits per heavy atom. The highest BCUT2D eigenvalue weighted by molar-refractivity contribution is 5.39. The Labute approximate surface area is 126 Å². The Kier molecular flexibility index (Phi) is 4.20. The van der Waals surface area contributed by atoms with Crippen LogP contribution in [0.5, 0.6) is 5.75 Å². The average molecular weight is 282 g/mol. The summed E-state index contributed by atoms with van der Waals surface area (Å²) in [4.78, 5) is 4.67. The number of aryl methyl sites for hydroxylation is 1. The fraction of sp³-hybridized carbons (Fsp3) is 0.389. The number of aromatic nitrogens is 1. The van der Waals surface area contributed by atoms with Gasteiger partial charge in [-0.2, -0.15) is 0 Å². The standard InChI is InChI=1S/C18H22N2O/c1-19-18(14-9-3-4-11-16(14)21-2)15-10-5-7-13-8-6-12-20-17(13)15/h3-4,6,8-9,11-12,15,18-19H,5,7,10H2,1-2H3. The second-order valence-electron chi connectivity index (χ2n) is 5.55. The molecule has 110 valence electrons. The molecule has 3 nitrogen and oxygen atoms in total. The molecule has 1 aliphatic rings. The quantitative estimate of drug-likeness (QED) is 0.932. The molecule has 0 spiro atoms. The first kappa shape index (κ1) is 14.1.